The van der Waals surface area contributed by atoms with Gasteiger partial charge in [-0.2, -0.15) is 4.31 Å². The van der Waals surface area contributed by atoms with E-state index in [1.165, 1.54) is 22.5 Å². The van der Waals surface area contributed by atoms with E-state index < -0.39 is 16.1 Å². The first-order chi connectivity index (χ1) is 12.4. The number of hydrogen-bond acceptors (Lipinski definition) is 4. The second-order valence-corrected chi connectivity index (χ2v) is 8.96. The summed E-state index contributed by atoms with van der Waals surface area (Å²) in [5.41, 5.74) is 0.860. The lowest BCUT2D eigenvalue weighted by Crippen LogP contribution is -2.49. The molecule has 1 aliphatic rings. The van der Waals surface area contributed by atoms with E-state index in [1.54, 1.807) is 0 Å². The Bertz CT molecular complexity index is 854. The summed E-state index contributed by atoms with van der Waals surface area (Å²) in [6, 6.07) is 13.8. The molecule has 1 fully saturated rings. The first-order valence-corrected chi connectivity index (χ1v) is 10.5. The maximum atomic E-state index is 12.8. The molecule has 2 aromatic carbocycles. The van der Waals surface area contributed by atoms with Crippen molar-refractivity contribution >= 4 is 33.2 Å². The van der Waals surface area contributed by atoms with Crippen LogP contribution in [0.25, 0.3) is 0 Å². The molecule has 1 aliphatic heterocycles. The molecule has 0 unspecified atom stereocenters. The Hall–Kier alpha value is -1.15. The number of piperazine rings is 1. The van der Waals surface area contributed by atoms with E-state index in [-0.39, 0.29) is 9.92 Å². The third kappa shape index (κ3) is 4.39. The quantitative estimate of drug-likeness (QED) is 0.816. The van der Waals surface area contributed by atoms with Gasteiger partial charge in [0.25, 0.3) is 0 Å². The zero-order chi connectivity index (χ0) is 18.7. The molecule has 26 heavy (non-hydrogen) atoms. The largest absolute Gasteiger partial charge is 0.387 e. The molecule has 0 aliphatic carbocycles. The van der Waals surface area contributed by atoms with E-state index in [0.717, 1.165) is 5.56 Å². The molecule has 0 bridgehead atoms. The molecular weight excluding hydrogens is 395 g/mol. The first kappa shape index (κ1) is 19.6. The van der Waals surface area contributed by atoms with Gasteiger partial charge in [-0.3, -0.25) is 4.90 Å². The number of hydrogen-bond donors (Lipinski definition) is 1. The van der Waals surface area contributed by atoms with Gasteiger partial charge >= 0.3 is 0 Å². The zero-order valence-electron chi connectivity index (χ0n) is 14.1. The summed E-state index contributed by atoms with van der Waals surface area (Å²) in [5.74, 6) is 0. The number of halogens is 2. The molecule has 0 radical (unpaired) electrons. The molecule has 0 aromatic heterocycles. The summed E-state index contributed by atoms with van der Waals surface area (Å²) in [6.45, 7) is 2.33. The van der Waals surface area contributed by atoms with Crippen LogP contribution in [-0.2, 0) is 10.0 Å². The highest BCUT2D eigenvalue weighted by molar-refractivity contribution is 7.89. The van der Waals surface area contributed by atoms with Crippen molar-refractivity contribution < 1.29 is 13.5 Å². The summed E-state index contributed by atoms with van der Waals surface area (Å²) in [4.78, 5) is 2.21. The van der Waals surface area contributed by atoms with Crippen molar-refractivity contribution in [2.75, 3.05) is 32.7 Å². The number of benzene rings is 2. The maximum Gasteiger partial charge on any atom is 0.243 e. The molecule has 1 atom stereocenters. The van der Waals surface area contributed by atoms with E-state index >= 15 is 0 Å². The van der Waals surface area contributed by atoms with E-state index in [0.29, 0.717) is 37.7 Å². The summed E-state index contributed by atoms with van der Waals surface area (Å²) in [6.07, 6.45) is -0.588. The first-order valence-electron chi connectivity index (χ1n) is 8.28. The number of sulfonamides is 1. The molecule has 5 nitrogen and oxygen atoms in total. The highest BCUT2D eigenvalue weighted by Crippen LogP contribution is 2.27. The van der Waals surface area contributed by atoms with Crippen molar-refractivity contribution in [3.63, 3.8) is 0 Å². The average Bonchev–Trinajstić information content (AvgIpc) is 2.65. The van der Waals surface area contributed by atoms with Crippen molar-refractivity contribution in [3.05, 3.63) is 64.1 Å². The number of aliphatic hydroxyl groups excluding tert-OH is 1. The fraction of sp³-hybridized carbons (Fsp3) is 0.333. The summed E-state index contributed by atoms with van der Waals surface area (Å²) >= 11 is 11.8. The van der Waals surface area contributed by atoms with E-state index in [9.17, 15) is 13.5 Å². The third-order valence-corrected chi connectivity index (χ3v) is 7.11. The van der Waals surface area contributed by atoms with Crippen molar-refractivity contribution in [2.45, 2.75) is 11.0 Å². The smallest absolute Gasteiger partial charge is 0.243 e. The van der Waals surface area contributed by atoms with Gasteiger partial charge < -0.3 is 5.11 Å². The lowest BCUT2D eigenvalue weighted by molar-refractivity contribution is 0.0921. The summed E-state index contributed by atoms with van der Waals surface area (Å²) in [5, 5.41) is 10.9. The van der Waals surface area contributed by atoms with Gasteiger partial charge in [-0.15, -0.1) is 0 Å². The molecule has 1 N–H and O–H groups in total. The SMILES string of the molecule is O=S(=O)(c1ccc(Cl)c(Cl)c1)N1CCN(C[C@@H](O)c2ccccc2)CC1. The maximum absolute atomic E-state index is 12.8. The third-order valence-electron chi connectivity index (χ3n) is 4.48. The lowest BCUT2D eigenvalue weighted by atomic mass is 10.1. The lowest BCUT2D eigenvalue weighted by Gasteiger charge is -2.35. The summed E-state index contributed by atoms with van der Waals surface area (Å²) in [7, 11) is -3.60. The van der Waals surface area contributed by atoms with Gasteiger partial charge in [0.1, 0.15) is 0 Å². The average molecular weight is 415 g/mol. The standard InChI is InChI=1S/C18H20Cl2N2O3S/c19-16-7-6-15(12-17(16)20)26(24,25)22-10-8-21(9-11-22)13-18(23)14-4-2-1-3-5-14/h1-7,12,18,23H,8-11,13H2/t18-/m1/s1. The van der Waals surface area contributed by atoms with Crippen LogP contribution in [0.3, 0.4) is 0 Å². The second kappa shape index (κ2) is 8.25. The van der Waals surface area contributed by atoms with Crippen LogP contribution in [-0.4, -0.2) is 55.5 Å². The molecular formula is C18H20Cl2N2O3S. The summed E-state index contributed by atoms with van der Waals surface area (Å²) < 4.78 is 27.0. The Morgan fingerprint density at radius 3 is 2.23 bits per heavy atom. The molecule has 0 spiro atoms. The molecule has 2 aromatic rings. The monoisotopic (exact) mass is 414 g/mol. The van der Waals surface area contributed by atoms with Crippen molar-refractivity contribution in [2.24, 2.45) is 0 Å². The molecule has 0 saturated carbocycles. The Balaban J connectivity index is 1.61. The molecule has 0 amide bonds. The predicted molar refractivity (Wildman–Crippen MR) is 103 cm³/mol. The zero-order valence-corrected chi connectivity index (χ0v) is 16.4. The van der Waals surface area contributed by atoms with Crippen LogP contribution in [0.2, 0.25) is 10.0 Å². The molecule has 1 heterocycles. The fourth-order valence-electron chi connectivity index (χ4n) is 2.96. The van der Waals surface area contributed by atoms with Crippen molar-refractivity contribution in [1.82, 2.24) is 9.21 Å². The van der Waals surface area contributed by atoms with Crippen LogP contribution >= 0.6 is 23.2 Å². The van der Waals surface area contributed by atoms with Gasteiger partial charge in [0, 0.05) is 32.7 Å². The number of β-amino-alcohol motifs (C(OH)–C–C–N with tert-alkyl or cyclic N) is 1. The van der Waals surface area contributed by atoms with Gasteiger partial charge in [-0.25, -0.2) is 8.42 Å². The minimum Gasteiger partial charge on any atom is -0.387 e. The van der Waals surface area contributed by atoms with E-state index in [2.05, 4.69) is 4.90 Å². The van der Waals surface area contributed by atoms with Crippen molar-refractivity contribution in [1.29, 1.82) is 0 Å². The van der Waals surface area contributed by atoms with Gasteiger partial charge in [-0.1, -0.05) is 53.5 Å². The molecule has 3 rings (SSSR count). The van der Waals surface area contributed by atoms with Gasteiger partial charge in [0.2, 0.25) is 10.0 Å². The predicted octanol–water partition coefficient (Wildman–Crippen LogP) is 3.03. The highest BCUT2D eigenvalue weighted by atomic mass is 35.5. The molecule has 140 valence electrons. The Morgan fingerprint density at radius 2 is 1.62 bits per heavy atom. The van der Waals surface area contributed by atoms with Crippen LogP contribution < -0.4 is 0 Å². The number of nitrogens with zero attached hydrogens (tertiary/aromatic N) is 2. The van der Waals surface area contributed by atoms with E-state index in [4.69, 9.17) is 23.2 Å². The van der Waals surface area contributed by atoms with Crippen LogP contribution in [0, 0.1) is 0 Å². The van der Waals surface area contributed by atoms with Gasteiger partial charge in [-0.05, 0) is 23.8 Å². The Morgan fingerprint density at radius 1 is 0.962 bits per heavy atom. The second-order valence-electron chi connectivity index (χ2n) is 6.21. The van der Waals surface area contributed by atoms with Gasteiger partial charge in [0.15, 0.2) is 0 Å². The van der Waals surface area contributed by atoms with Crippen molar-refractivity contribution in [3.8, 4) is 0 Å². The number of aliphatic hydroxyl groups is 1. The molecule has 8 heteroatoms. The minimum absolute atomic E-state index is 0.143. The van der Waals surface area contributed by atoms with Gasteiger partial charge in [0.05, 0.1) is 21.0 Å². The van der Waals surface area contributed by atoms with Crippen LogP contribution in [0.1, 0.15) is 11.7 Å². The normalized spacial score (nSPS) is 18.0. The van der Waals surface area contributed by atoms with Crippen LogP contribution in [0.15, 0.2) is 53.4 Å². The van der Waals surface area contributed by atoms with Crippen LogP contribution in [0.5, 0.6) is 0 Å². The number of rotatable bonds is 5. The van der Waals surface area contributed by atoms with E-state index in [1.807, 2.05) is 30.3 Å². The Kier molecular flexibility index (Phi) is 6.22. The highest BCUT2D eigenvalue weighted by Gasteiger charge is 2.29. The topological polar surface area (TPSA) is 60.9 Å². The fourth-order valence-corrected chi connectivity index (χ4v) is 4.78. The van der Waals surface area contributed by atoms with Crippen LogP contribution in [0.4, 0.5) is 0 Å². The Labute approximate surface area is 163 Å². The molecule has 1 saturated heterocycles. The minimum atomic E-state index is -3.60.